The van der Waals surface area contributed by atoms with Crippen LogP contribution < -0.4 is 35.4 Å². The number of nitrogens with one attached hydrogen (secondary N) is 3. The van der Waals surface area contributed by atoms with Crippen LogP contribution in [0.3, 0.4) is 0 Å². The number of halogens is 3. The number of ether oxygens (including phenoxy) is 1. The second-order valence-electron chi connectivity index (χ2n) is 17.8. The van der Waals surface area contributed by atoms with Crippen LogP contribution in [0, 0.1) is 5.82 Å². The fraction of sp³-hybridized carbons (Fsp3) is 0.489. The lowest BCUT2D eigenvalue weighted by Crippen LogP contribution is -2.54. The van der Waals surface area contributed by atoms with E-state index in [9.17, 15) is 33.6 Å². The van der Waals surface area contributed by atoms with Crippen LogP contribution in [-0.2, 0) is 19.2 Å². The SMILES string of the molecule is COc1cc(C(=O)NC2CCN(C(=O)CN3CCN(c4ccc5c(c4)C(=O)N(C4CCC(=O)NC4=O)C5=O)CC3)CC2)c(F)cc1Nc1ncc2c(n1)N(C1CCCC1)CC(F)(F)C(=O)N2C. The summed E-state index contributed by atoms with van der Waals surface area (Å²) in [5.74, 6) is -8.67. The molecule has 9 rings (SSSR count). The van der Waals surface area contributed by atoms with E-state index in [1.807, 2.05) is 4.90 Å². The number of piperidine rings is 2. The summed E-state index contributed by atoms with van der Waals surface area (Å²) in [4.78, 5) is 108. The van der Waals surface area contributed by atoms with Gasteiger partial charge in [-0.3, -0.25) is 48.7 Å². The molecule has 3 aromatic rings. The summed E-state index contributed by atoms with van der Waals surface area (Å²) in [6.45, 7) is 2.37. The Morgan fingerprint density at radius 2 is 1.63 bits per heavy atom. The number of alkyl halides is 2. The molecule has 0 radical (unpaired) electrons. The molecular formula is C45H50F3N11O8. The molecule has 1 atom stereocenters. The summed E-state index contributed by atoms with van der Waals surface area (Å²) < 4.78 is 51.3. The van der Waals surface area contributed by atoms with Crippen LogP contribution in [0.25, 0.3) is 0 Å². The Morgan fingerprint density at radius 3 is 2.33 bits per heavy atom. The van der Waals surface area contributed by atoms with Gasteiger partial charge in [-0.25, -0.2) is 9.37 Å². The van der Waals surface area contributed by atoms with Crippen LogP contribution in [0.1, 0.15) is 82.4 Å². The van der Waals surface area contributed by atoms with Crippen molar-refractivity contribution in [3.8, 4) is 5.75 Å². The van der Waals surface area contributed by atoms with Crippen molar-refractivity contribution >= 4 is 70.2 Å². The molecule has 1 aromatic heterocycles. The van der Waals surface area contributed by atoms with Gasteiger partial charge in [-0.05, 0) is 56.4 Å². The van der Waals surface area contributed by atoms with Crippen molar-refractivity contribution in [3.05, 3.63) is 59.0 Å². The van der Waals surface area contributed by atoms with Gasteiger partial charge in [-0.15, -0.1) is 0 Å². The number of methoxy groups -OCH3 is 1. The van der Waals surface area contributed by atoms with Crippen LogP contribution in [0.2, 0.25) is 0 Å². The van der Waals surface area contributed by atoms with Crippen molar-refractivity contribution in [3.63, 3.8) is 0 Å². The molecule has 0 bridgehead atoms. The number of amides is 7. The normalized spacial score (nSPS) is 21.6. The molecule has 5 aliphatic heterocycles. The minimum Gasteiger partial charge on any atom is -0.495 e. The van der Waals surface area contributed by atoms with Crippen LogP contribution in [0.15, 0.2) is 36.5 Å². The lowest BCUT2D eigenvalue weighted by molar-refractivity contribution is -0.140. The summed E-state index contributed by atoms with van der Waals surface area (Å²) in [7, 11) is 2.60. The largest absolute Gasteiger partial charge is 0.495 e. The number of nitrogens with zero attached hydrogens (tertiary/aromatic N) is 8. The van der Waals surface area contributed by atoms with E-state index < -0.39 is 59.8 Å². The fourth-order valence-electron chi connectivity index (χ4n) is 9.87. The van der Waals surface area contributed by atoms with Crippen molar-refractivity contribution in [1.82, 2.24) is 35.3 Å². The molecule has 1 unspecified atom stereocenters. The van der Waals surface area contributed by atoms with Gasteiger partial charge in [-0.1, -0.05) is 12.8 Å². The zero-order valence-electron chi connectivity index (χ0n) is 37.0. The molecule has 1 saturated carbocycles. The Balaban J connectivity index is 0.765. The molecule has 4 fully saturated rings. The second-order valence-corrected chi connectivity index (χ2v) is 17.8. The first-order valence-electron chi connectivity index (χ1n) is 22.5. The van der Waals surface area contributed by atoms with Crippen molar-refractivity contribution in [2.45, 2.75) is 75.4 Å². The number of hydrogen-bond acceptors (Lipinski definition) is 14. The highest BCUT2D eigenvalue weighted by Gasteiger charge is 2.49. The molecule has 3 N–H and O–H groups in total. The predicted molar refractivity (Wildman–Crippen MR) is 235 cm³/mol. The number of piperazine rings is 1. The molecule has 7 amide bonds. The molecule has 2 aromatic carbocycles. The maximum Gasteiger partial charge on any atom is 0.342 e. The van der Waals surface area contributed by atoms with Crippen molar-refractivity contribution in [2.75, 3.05) is 86.5 Å². The molecule has 1 aliphatic carbocycles. The molecule has 6 aliphatic rings. The lowest BCUT2D eigenvalue weighted by Gasteiger charge is -2.38. The van der Waals surface area contributed by atoms with Crippen molar-refractivity contribution in [1.29, 1.82) is 0 Å². The van der Waals surface area contributed by atoms with E-state index in [-0.39, 0.29) is 83.0 Å². The van der Waals surface area contributed by atoms with Crippen LogP contribution in [-0.4, -0.2) is 157 Å². The fourth-order valence-corrected chi connectivity index (χ4v) is 9.87. The van der Waals surface area contributed by atoms with Gasteiger partial charge in [0.05, 0.1) is 48.8 Å². The number of carbonyl (C=O) groups excluding carboxylic acids is 7. The highest BCUT2D eigenvalue weighted by atomic mass is 19.3. The van der Waals surface area contributed by atoms with E-state index in [2.05, 4.69) is 30.8 Å². The Hall–Kier alpha value is -6.84. The quantitative estimate of drug-likeness (QED) is 0.250. The number of imide groups is 2. The molecule has 354 valence electrons. The summed E-state index contributed by atoms with van der Waals surface area (Å²) in [5.41, 5.74) is 1.07. The summed E-state index contributed by atoms with van der Waals surface area (Å²) in [5, 5.41) is 7.98. The maximum absolute atomic E-state index is 15.7. The number of fused-ring (bicyclic) bond motifs is 2. The number of hydrogen-bond donors (Lipinski definition) is 3. The number of aromatic nitrogens is 2. The number of rotatable bonds is 10. The maximum atomic E-state index is 15.7. The topological polar surface area (TPSA) is 210 Å². The first kappa shape index (κ1) is 45.3. The van der Waals surface area contributed by atoms with Gasteiger partial charge in [0.25, 0.3) is 23.6 Å². The summed E-state index contributed by atoms with van der Waals surface area (Å²) in [6, 6.07) is 5.68. The minimum atomic E-state index is -3.65. The zero-order valence-corrected chi connectivity index (χ0v) is 37.0. The van der Waals surface area contributed by atoms with Gasteiger partial charge in [0.1, 0.15) is 23.3 Å². The third-order valence-corrected chi connectivity index (χ3v) is 13.6. The number of carbonyl (C=O) groups is 7. The number of benzene rings is 2. The highest BCUT2D eigenvalue weighted by Crippen LogP contribution is 2.40. The monoisotopic (exact) mass is 929 g/mol. The Labute approximate surface area is 382 Å². The van der Waals surface area contributed by atoms with Gasteiger partial charge in [-0.2, -0.15) is 13.8 Å². The Kier molecular flexibility index (Phi) is 12.2. The third kappa shape index (κ3) is 8.81. The molecule has 22 heteroatoms. The van der Waals surface area contributed by atoms with Gasteiger partial charge >= 0.3 is 5.92 Å². The molecule has 19 nitrogen and oxygen atoms in total. The summed E-state index contributed by atoms with van der Waals surface area (Å²) >= 11 is 0. The number of likely N-dealkylation sites (tertiary alicyclic amines) is 1. The molecule has 3 saturated heterocycles. The standard InChI is InChI=1S/C45H50F3N11O8/c1-54-34-22-49-44(53-38(34)58(26-5-3-4-6-26)24-45(47,48)43(54)66)51-32-21-31(46)30(20-35(32)67-2)39(62)50-25-11-13-57(14-12-25)37(61)23-55-15-17-56(18-16-55)27-7-8-28-29(19-27)42(65)59(41(28)64)33-9-10-36(60)52-40(33)63/h7-8,19-22,25-26,33H,3-6,9-18,23-24H2,1-2H3,(H,50,62)(H,49,51,53)(H,52,60,63). The molecule has 6 heterocycles. The zero-order chi connectivity index (χ0) is 47.3. The molecule has 0 spiro atoms. The Bertz CT molecular complexity index is 2540. The van der Waals surface area contributed by atoms with Crippen molar-refractivity contribution in [2.24, 2.45) is 0 Å². The van der Waals surface area contributed by atoms with Gasteiger partial charge in [0, 0.05) is 76.6 Å². The van der Waals surface area contributed by atoms with E-state index in [0.29, 0.717) is 65.0 Å². The van der Waals surface area contributed by atoms with E-state index in [1.54, 1.807) is 23.1 Å². The van der Waals surface area contributed by atoms with E-state index >= 15 is 13.2 Å². The smallest absolute Gasteiger partial charge is 0.342 e. The predicted octanol–water partition coefficient (Wildman–Crippen LogP) is 2.67. The van der Waals surface area contributed by atoms with Gasteiger partial charge in [0.2, 0.25) is 23.7 Å². The Morgan fingerprint density at radius 1 is 0.910 bits per heavy atom. The lowest BCUT2D eigenvalue weighted by atomic mass is 10.0. The van der Waals surface area contributed by atoms with E-state index in [0.717, 1.165) is 34.4 Å². The second kappa shape index (κ2) is 18.1. The first-order chi connectivity index (χ1) is 32.1. The van der Waals surface area contributed by atoms with Crippen LogP contribution in [0.4, 0.5) is 42.0 Å². The van der Waals surface area contributed by atoms with Crippen LogP contribution >= 0.6 is 0 Å². The summed E-state index contributed by atoms with van der Waals surface area (Å²) in [6.07, 6.45) is 5.32. The van der Waals surface area contributed by atoms with E-state index in [4.69, 9.17) is 4.74 Å². The first-order valence-corrected chi connectivity index (χ1v) is 22.5. The average molecular weight is 930 g/mol. The number of anilines is 5. The van der Waals surface area contributed by atoms with E-state index in [1.165, 1.54) is 31.3 Å². The van der Waals surface area contributed by atoms with Gasteiger partial charge < -0.3 is 35.0 Å². The minimum absolute atomic E-state index is 0.0353. The van der Waals surface area contributed by atoms with Gasteiger partial charge in [0.15, 0.2) is 5.82 Å². The third-order valence-electron chi connectivity index (χ3n) is 13.6. The molecule has 67 heavy (non-hydrogen) atoms. The molecular weight excluding hydrogens is 880 g/mol. The average Bonchev–Trinajstić information content (AvgIpc) is 3.92. The highest BCUT2D eigenvalue weighted by molar-refractivity contribution is 6.23. The van der Waals surface area contributed by atoms with Crippen LogP contribution in [0.5, 0.6) is 5.75 Å². The van der Waals surface area contributed by atoms with Crippen molar-refractivity contribution < 1.29 is 51.5 Å².